The number of imidazole rings is 1. The molecule has 8 aromatic carbocycles. The molecule has 4 heterocycles. The Morgan fingerprint density at radius 3 is 1.93 bits per heavy atom. The first-order valence-corrected chi connectivity index (χ1v) is 24.5. The van der Waals surface area contributed by atoms with Crippen molar-refractivity contribution in [2.75, 3.05) is 0 Å². The quantitative estimate of drug-likeness (QED) is 0.107. The average molecular weight is 1150 g/mol. The normalized spacial score (nSPS) is 12.8. The van der Waals surface area contributed by atoms with Crippen LogP contribution in [0.4, 0.5) is 0 Å². The molecule has 12 rings (SSSR count). The van der Waals surface area contributed by atoms with Gasteiger partial charge in [0.1, 0.15) is 11.5 Å². The largest absolute Gasteiger partial charge is 0.503 e. The van der Waals surface area contributed by atoms with Gasteiger partial charge in [0.2, 0.25) is 12.0 Å². The molecular formula is C67H54N4O2Pt-2. The van der Waals surface area contributed by atoms with Crippen LogP contribution in [0.15, 0.2) is 205 Å². The number of benzene rings is 8. The van der Waals surface area contributed by atoms with Gasteiger partial charge in [0.05, 0.1) is 24.3 Å². The summed E-state index contributed by atoms with van der Waals surface area (Å²) >= 11 is 0. The number of fused-ring (bicyclic) bond motifs is 4. The molecule has 0 amide bonds. The van der Waals surface area contributed by atoms with Crippen LogP contribution >= 0.6 is 0 Å². The van der Waals surface area contributed by atoms with E-state index >= 15 is 0 Å². The zero-order valence-corrected chi connectivity index (χ0v) is 44.4. The van der Waals surface area contributed by atoms with E-state index in [9.17, 15) is 0 Å². The number of aryl methyl sites for hydroxylation is 1. The maximum atomic E-state index is 8.48. The van der Waals surface area contributed by atoms with Gasteiger partial charge in [0, 0.05) is 49.8 Å². The van der Waals surface area contributed by atoms with Crippen LogP contribution in [0, 0.1) is 25.4 Å². The van der Waals surface area contributed by atoms with E-state index in [1.807, 2.05) is 60.0 Å². The number of hydrogen-bond donors (Lipinski definition) is 0. The number of pyridine rings is 1. The zero-order valence-electron chi connectivity index (χ0n) is 47.1. The SMILES string of the molecule is [2H]c1c([2H])c([2H])c(-c2ccc(-c3cnc(-n4c5[c-]c(Oc6[c-]c(-c7coc8c(-c9c(-c%10ccccc%10)cccc9-c9ccccc9)[n+](C(C)(C)C)[c-]n78)cc(C(C)(C)C)c6)ccc5c5ccccc54)cc3C)cc2)c([2H])c1[2H].[Pt]. The fourth-order valence-electron chi connectivity index (χ4n) is 9.88. The number of oxazole rings is 1. The Kier molecular flexibility index (Phi) is 11.0. The summed E-state index contributed by atoms with van der Waals surface area (Å²) in [6.45, 7) is 15.2. The van der Waals surface area contributed by atoms with Gasteiger partial charge in [0.15, 0.2) is 0 Å². The minimum Gasteiger partial charge on any atom is -0.503 e. The molecule has 0 unspecified atom stereocenters. The Labute approximate surface area is 454 Å². The standard InChI is InChI=1S/C67H54N4O2.Pt/c1-44-36-62(68-41-58(44)49-32-30-46(31-33-49)45-20-11-8-12-21-45)71-59-29-18-17-26-56(59)57-35-34-52(40-60(57)71)73-53-38-50(37-51(39-53)66(2,3)4)61-42-72-65-64(70(43-69(61)65)67(5,6)7)63-54(47-22-13-9-14-23-47)27-19-28-55(63)48-24-15-10-16-25-48;/h8-37,39,41-42H,1-7H3;/q-2;/i8D,11D,12D,20D,21D;. The summed E-state index contributed by atoms with van der Waals surface area (Å²) in [5.41, 5.74) is 14.2. The second kappa shape index (κ2) is 19.1. The Balaban J connectivity index is 0.00000660. The van der Waals surface area contributed by atoms with Gasteiger partial charge in [-0.1, -0.05) is 196 Å². The van der Waals surface area contributed by atoms with Crippen molar-refractivity contribution in [3.8, 4) is 84.3 Å². The van der Waals surface area contributed by atoms with Gasteiger partial charge in [0.25, 0.3) is 0 Å². The van der Waals surface area contributed by atoms with Crippen LogP contribution in [0.25, 0.3) is 100 Å². The van der Waals surface area contributed by atoms with E-state index in [2.05, 4.69) is 172 Å². The van der Waals surface area contributed by atoms with Crippen molar-refractivity contribution in [1.82, 2.24) is 14.0 Å². The summed E-state index contributed by atoms with van der Waals surface area (Å²) < 4.78 is 61.3. The number of hydrogen-bond acceptors (Lipinski definition) is 3. The predicted octanol–water partition coefficient (Wildman–Crippen LogP) is 16.9. The molecule has 366 valence electrons. The van der Waals surface area contributed by atoms with Gasteiger partial charge in [-0.25, -0.2) is 4.98 Å². The van der Waals surface area contributed by atoms with Crippen LogP contribution < -0.4 is 9.30 Å². The Hall–Kier alpha value is -8.05. The molecule has 0 spiro atoms. The van der Waals surface area contributed by atoms with Crippen molar-refractivity contribution in [2.24, 2.45) is 0 Å². The summed E-state index contributed by atoms with van der Waals surface area (Å²) in [7, 11) is 0. The van der Waals surface area contributed by atoms with Crippen LogP contribution in [-0.2, 0) is 32.0 Å². The van der Waals surface area contributed by atoms with Gasteiger partial charge < -0.3 is 18.3 Å². The molecule has 0 aliphatic carbocycles. The minimum atomic E-state index is -0.414. The average Bonchev–Trinajstić information content (AvgIpc) is 4.35. The van der Waals surface area contributed by atoms with Crippen molar-refractivity contribution in [3.05, 3.63) is 230 Å². The first-order valence-electron chi connectivity index (χ1n) is 27.0. The molecule has 4 aromatic heterocycles. The van der Waals surface area contributed by atoms with Crippen LogP contribution in [0.5, 0.6) is 11.5 Å². The van der Waals surface area contributed by atoms with Gasteiger partial charge >= 0.3 is 0 Å². The van der Waals surface area contributed by atoms with E-state index in [1.54, 1.807) is 18.4 Å². The maximum absolute atomic E-state index is 8.48. The third-order valence-corrected chi connectivity index (χ3v) is 13.6. The Morgan fingerprint density at radius 2 is 1.27 bits per heavy atom. The van der Waals surface area contributed by atoms with E-state index in [-0.39, 0.29) is 56.2 Å². The molecule has 0 N–H and O–H groups in total. The van der Waals surface area contributed by atoms with Crippen LogP contribution in [0.1, 0.15) is 59.5 Å². The topological polar surface area (TPSA) is 48.5 Å². The molecule has 0 saturated carbocycles. The molecule has 7 heteroatoms. The maximum Gasteiger partial charge on any atom is 0.247 e. The minimum absolute atomic E-state index is 0. The molecule has 0 saturated heterocycles. The van der Waals surface area contributed by atoms with Crippen molar-refractivity contribution >= 4 is 27.5 Å². The number of rotatable bonds is 9. The second-order valence-corrected chi connectivity index (χ2v) is 20.5. The summed E-state index contributed by atoms with van der Waals surface area (Å²) in [4.78, 5) is 5.05. The van der Waals surface area contributed by atoms with E-state index in [0.29, 0.717) is 28.6 Å². The second-order valence-electron chi connectivity index (χ2n) is 20.5. The third-order valence-electron chi connectivity index (χ3n) is 13.6. The van der Waals surface area contributed by atoms with Gasteiger partial charge in [-0.15, -0.1) is 29.1 Å². The molecular weight excluding hydrogens is 1090 g/mol. The first-order chi connectivity index (χ1) is 37.4. The fraction of sp³-hybridized carbons (Fsp3) is 0.134. The zero-order chi connectivity index (χ0) is 54.4. The summed E-state index contributed by atoms with van der Waals surface area (Å²) in [5.74, 6) is 1.74. The van der Waals surface area contributed by atoms with Crippen LogP contribution in [-0.4, -0.2) is 14.0 Å². The third kappa shape index (κ3) is 8.77. The smallest absolute Gasteiger partial charge is 0.247 e. The number of para-hydroxylation sites is 1. The van der Waals surface area contributed by atoms with E-state index in [4.69, 9.17) is 21.0 Å². The predicted molar refractivity (Wildman–Crippen MR) is 296 cm³/mol. The molecule has 0 radical (unpaired) electrons. The number of aromatic nitrogens is 4. The molecule has 0 fully saturated rings. The molecule has 0 bridgehead atoms. The molecule has 74 heavy (non-hydrogen) atoms. The van der Waals surface area contributed by atoms with Crippen molar-refractivity contribution < 1.29 is 41.6 Å². The summed E-state index contributed by atoms with van der Waals surface area (Å²) in [6.07, 6.45) is 7.41. The molecule has 6 nitrogen and oxygen atoms in total. The Bertz CT molecular complexity index is 4240. The van der Waals surface area contributed by atoms with Gasteiger partial charge in [-0.3, -0.25) is 4.40 Å². The number of ether oxygens (including phenoxy) is 1. The fourth-order valence-corrected chi connectivity index (χ4v) is 9.88. The molecule has 0 aliphatic rings. The summed E-state index contributed by atoms with van der Waals surface area (Å²) in [5, 5.41) is 2.04. The molecule has 0 atom stereocenters. The van der Waals surface area contributed by atoms with E-state index in [0.717, 1.165) is 88.8 Å². The van der Waals surface area contributed by atoms with Crippen molar-refractivity contribution in [1.29, 1.82) is 0 Å². The first kappa shape index (κ1) is 42.5. The van der Waals surface area contributed by atoms with Crippen molar-refractivity contribution in [2.45, 2.75) is 59.4 Å². The summed E-state index contributed by atoms with van der Waals surface area (Å²) in [6, 6.07) is 59.1. The Morgan fingerprint density at radius 1 is 0.622 bits per heavy atom. The monoisotopic (exact) mass is 1150 g/mol. The number of nitrogens with zero attached hydrogens (tertiary/aromatic N) is 4. The van der Waals surface area contributed by atoms with Crippen LogP contribution in [0.3, 0.4) is 0 Å². The molecule has 12 aromatic rings. The van der Waals surface area contributed by atoms with Crippen molar-refractivity contribution in [3.63, 3.8) is 0 Å². The van der Waals surface area contributed by atoms with E-state index in [1.165, 1.54) is 0 Å². The van der Waals surface area contributed by atoms with E-state index < -0.39 is 11.6 Å². The van der Waals surface area contributed by atoms with Gasteiger partial charge in [-0.2, -0.15) is 6.07 Å². The van der Waals surface area contributed by atoms with Crippen LogP contribution in [0.2, 0.25) is 0 Å². The molecule has 0 aliphatic heterocycles. The van der Waals surface area contributed by atoms with Gasteiger partial charge in [-0.05, 0) is 101 Å².